The van der Waals surface area contributed by atoms with Crippen LogP contribution in [-0.2, 0) is 23.9 Å². The Bertz CT molecular complexity index is 1470. The van der Waals surface area contributed by atoms with Gasteiger partial charge in [0.15, 0.2) is 0 Å². The van der Waals surface area contributed by atoms with Gasteiger partial charge >= 0.3 is 5.97 Å². The van der Waals surface area contributed by atoms with E-state index < -0.39 is 47.4 Å². The molecule has 1 saturated heterocycles. The molecular weight excluding hydrogens is 638 g/mol. The first-order valence-corrected chi connectivity index (χ1v) is 17.9. The molecule has 3 N–H and O–H groups in total. The van der Waals surface area contributed by atoms with Gasteiger partial charge in [0.05, 0.1) is 30.4 Å². The number of hydrogen-bond donors (Lipinski definition) is 3. The number of hydrogen-bond acceptors (Lipinski definition) is 9. The zero-order valence-electron chi connectivity index (χ0n) is 30.7. The maximum atomic E-state index is 13.9. The van der Waals surface area contributed by atoms with E-state index in [0.717, 1.165) is 28.8 Å². The lowest BCUT2D eigenvalue weighted by molar-refractivity contribution is -0.158. The molecule has 3 atom stereocenters. The van der Waals surface area contributed by atoms with Crippen LogP contribution < -0.4 is 16.0 Å². The summed E-state index contributed by atoms with van der Waals surface area (Å²) in [6, 6.07) is 8.34. The molecule has 0 bridgehead atoms. The highest BCUT2D eigenvalue weighted by Gasteiger charge is 2.38. The molecule has 0 spiro atoms. The summed E-state index contributed by atoms with van der Waals surface area (Å²) >= 11 is 0. The smallest absolute Gasteiger partial charge is 0.323 e. The average Bonchev–Trinajstić information content (AvgIpc) is 3.27. The van der Waals surface area contributed by atoms with Crippen molar-refractivity contribution in [1.82, 2.24) is 25.8 Å². The second-order valence-electron chi connectivity index (χ2n) is 15.2. The van der Waals surface area contributed by atoms with Crippen LogP contribution in [0, 0.1) is 11.8 Å². The summed E-state index contributed by atoms with van der Waals surface area (Å²) in [7, 11) is 0. The van der Waals surface area contributed by atoms with Crippen molar-refractivity contribution < 1.29 is 33.4 Å². The summed E-state index contributed by atoms with van der Waals surface area (Å²) in [5, 5.41) is 10.9. The van der Waals surface area contributed by atoms with Gasteiger partial charge in [-0.15, -0.1) is 0 Å². The molecule has 2 aliphatic heterocycles. The summed E-state index contributed by atoms with van der Waals surface area (Å²) in [6.07, 6.45) is 0.838. The molecule has 274 valence electrons. The van der Waals surface area contributed by atoms with E-state index in [2.05, 4.69) is 20.9 Å². The number of benzene rings is 2. The minimum absolute atomic E-state index is 0.0270. The third-order valence-electron chi connectivity index (χ3n) is 8.77. The molecular formula is C38H55N5O7. The summed E-state index contributed by atoms with van der Waals surface area (Å²) in [6.45, 7) is 17.2. The molecule has 2 aliphatic rings. The standard InChI is InChI=1S/C38H55N5O7/c1-24(2)20-31(33(44)39-13-15-42-16-18-49-19-17-42)41-34(45)32(21-25(3)4)40-30(37(48)50-38(5,6)7)12-14-43-35(46)28-22-26-10-8-9-11-27(26)23-29(28)36(43)47/h8-11,22-25,30-32,40H,12-21H2,1-7H3,(H,39,44)(H,41,45)/t30-,31+,32+/m1/s1. The molecule has 0 radical (unpaired) electrons. The van der Waals surface area contributed by atoms with E-state index in [1.54, 1.807) is 32.9 Å². The Morgan fingerprint density at radius 2 is 1.38 bits per heavy atom. The Balaban J connectivity index is 1.48. The molecule has 1 fully saturated rings. The number of rotatable bonds is 16. The fourth-order valence-electron chi connectivity index (χ4n) is 6.31. The maximum absolute atomic E-state index is 13.9. The quantitative estimate of drug-likeness (QED) is 0.178. The number of fused-ring (bicyclic) bond motifs is 2. The summed E-state index contributed by atoms with van der Waals surface area (Å²) in [5.74, 6) is -1.92. The highest BCUT2D eigenvalue weighted by Crippen LogP contribution is 2.28. The van der Waals surface area contributed by atoms with Crippen LogP contribution in [0.15, 0.2) is 36.4 Å². The van der Waals surface area contributed by atoms with Gasteiger partial charge in [0.2, 0.25) is 11.8 Å². The Hall–Kier alpha value is -3.87. The maximum Gasteiger partial charge on any atom is 0.323 e. The summed E-state index contributed by atoms with van der Waals surface area (Å²) in [5.41, 5.74) is -0.164. The van der Waals surface area contributed by atoms with E-state index in [9.17, 15) is 24.0 Å². The van der Waals surface area contributed by atoms with E-state index in [1.807, 2.05) is 52.0 Å². The molecule has 2 heterocycles. The van der Waals surface area contributed by atoms with Crippen molar-refractivity contribution in [3.63, 3.8) is 0 Å². The lowest BCUT2D eigenvalue weighted by Crippen LogP contribution is -2.57. The lowest BCUT2D eigenvalue weighted by atomic mass is 9.99. The Labute approximate surface area is 296 Å². The van der Waals surface area contributed by atoms with Crippen molar-refractivity contribution in [1.29, 1.82) is 0 Å². The number of nitrogens with zero attached hydrogens (tertiary/aromatic N) is 2. The number of morpholine rings is 1. The number of amides is 4. The number of ether oxygens (including phenoxy) is 2. The fourth-order valence-corrected chi connectivity index (χ4v) is 6.31. The predicted octanol–water partition coefficient (Wildman–Crippen LogP) is 3.52. The molecule has 50 heavy (non-hydrogen) atoms. The van der Waals surface area contributed by atoms with E-state index in [4.69, 9.17) is 9.47 Å². The van der Waals surface area contributed by atoms with Gasteiger partial charge in [-0.05, 0) is 74.8 Å². The predicted molar refractivity (Wildman–Crippen MR) is 192 cm³/mol. The van der Waals surface area contributed by atoms with E-state index in [1.165, 1.54) is 0 Å². The monoisotopic (exact) mass is 693 g/mol. The zero-order valence-corrected chi connectivity index (χ0v) is 30.7. The molecule has 0 saturated carbocycles. The molecule has 12 nitrogen and oxygen atoms in total. The van der Waals surface area contributed by atoms with Crippen LogP contribution in [0.4, 0.5) is 0 Å². The van der Waals surface area contributed by atoms with Gasteiger partial charge in [-0.25, -0.2) is 0 Å². The molecule has 2 aromatic carbocycles. The molecule has 0 aromatic heterocycles. The molecule has 12 heteroatoms. The van der Waals surface area contributed by atoms with Crippen molar-refractivity contribution in [2.24, 2.45) is 11.8 Å². The molecule has 4 amide bonds. The van der Waals surface area contributed by atoms with Crippen LogP contribution in [0.2, 0.25) is 0 Å². The van der Waals surface area contributed by atoms with Crippen LogP contribution in [0.1, 0.15) is 88.4 Å². The van der Waals surface area contributed by atoms with E-state index >= 15 is 0 Å². The summed E-state index contributed by atoms with van der Waals surface area (Å²) in [4.78, 5) is 71.1. The number of esters is 1. The minimum Gasteiger partial charge on any atom is -0.459 e. The van der Waals surface area contributed by atoms with Crippen LogP contribution in [0.5, 0.6) is 0 Å². The lowest BCUT2D eigenvalue weighted by Gasteiger charge is -2.30. The molecule has 4 rings (SSSR count). The van der Waals surface area contributed by atoms with Gasteiger partial charge in [-0.3, -0.25) is 39.1 Å². The fraction of sp³-hybridized carbons (Fsp3) is 0.605. The SMILES string of the molecule is CC(C)C[C@H](NC(=O)[C@H](CC(C)C)N[C@H](CCN1C(=O)c2cc3ccccc3cc2C1=O)C(=O)OC(C)(C)C)C(=O)NCCN1CCOCC1. The van der Waals surface area contributed by atoms with Gasteiger partial charge in [-0.1, -0.05) is 52.0 Å². The largest absolute Gasteiger partial charge is 0.459 e. The van der Waals surface area contributed by atoms with Crippen molar-refractivity contribution >= 4 is 40.4 Å². The van der Waals surface area contributed by atoms with Gasteiger partial charge in [0.1, 0.15) is 17.7 Å². The zero-order chi connectivity index (χ0) is 36.6. The van der Waals surface area contributed by atoms with E-state index in [-0.39, 0.29) is 30.7 Å². The van der Waals surface area contributed by atoms with Crippen molar-refractivity contribution in [3.05, 3.63) is 47.5 Å². The van der Waals surface area contributed by atoms with Crippen molar-refractivity contribution in [2.75, 3.05) is 45.9 Å². The third kappa shape index (κ3) is 10.8. The van der Waals surface area contributed by atoms with Gasteiger partial charge in [0, 0.05) is 32.7 Å². The Kier molecular flexibility index (Phi) is 13.5. The average molecular weight is 694 g/mol. The highest BCUT2D eigenvalue weighted by atomic mass is 16.6. The topological polar surface area (TPSA) is 146 Å². The second-order valence-corrected chi connectivity index (χ2v) is 15.2. The second kappa shape index (κ2) is 17.4. The Morgan fingerprint density at radius 3 is 1.92 bits per heavy atom. The van der Waals surface area contributed by atoms with Crippen LogP contribution >= 0.6 is 0 Å². The molecule has 0 aliphatic carbocycles. The van der Waals surface area contributed by atoms with Crippen molar-refractivity contribution in [2.45, 2.75) is 91.5 Å². The Morgan fingerprint density at radius 1 is 0.820 bits per heavy atom. The number of nitrogens with one attached hydrogen (secondary N) is 3. The molecule has 0 unspecified atom stereocenters. The van der Waals surface area contributed by atoms with Crippen LogP contribution in [-0.4, -0.2) is 109 Å². The first-order valence-electron chi connectivity index (χ1n) is 17.9. The minimum atomic E-state index is -1.02. The first kappa shape index (κ1) is 38.9. The van der Waals surface area contributed by atoms with Gasteiger partial charge in [-0.2, -0.15) is 0 Å². The molecule has 2 aromatic rings. The third-order valence-corrected chi connectivity index (χ3v) is 8.77. The normalized spacial score (nSPS) is 17.2. The van der Waals surface area contributed by atoms with Gasteiger partial charge < -0.3 is 20.1 Å². The van der Waals surface area contributed by atoms with Crippen molar-refractivity contribution in [3.8, 4) is 0 Å². The first-order chi connectivity index (χ1) is 23.6. The van der Waals surface area contributed by atoms with E-state index in [0.29, 0.717) is 50.3 Å². The summed E-state index contributed by atoms with van der Waals surface area (Å²) < 4.78 is 11.1. The van der Waals surface area contributed by atoms with Crippen LogP contribution in [0.3, 0.4) is 0 Å². The number of carbonyl (C=O) groups is 5. The van der Waals surface area contributed by atoms with Crippen LogP contribution in [0.25, 0.3) is 10.8 Å². The number of imide groups is 1. The number of carbonyl (C=O) groups excluding carboxylic acids is 5. The highest BCUT2D eigenvalue weighted by molar-refractivity contribution is 6.23. The van der Waals surface area contributed by atoms with Gasteiger partial charge in [0.25, 0.3) is 11.8 Å².